The van der Waals surface area contributed by atoms with Gasteiger partial charge in [-0.05, 0) is 38.1 Å². The highest BCUT2D eigenvalue weighted by Gasteiger charge is 2.27. The minimum atomic E-state index is -0.422. The van der Waals surface area contributed by atoms with Gasteiger partial charge in [0.2, 0.25) is 0 Å². The van der Waals surface area contributed by atoms with E-state index in [1.54, 1.807) is 24.3 Å². The number of amides is 1. The Labute approximate surface area is 170 Å². The number of carbonyl (C=O) groups is 1. The van der Waals surface area contributed by atoms with Crippen molar-refractivity contribution in [2.45, 2.75) is 19.4 Å². The molecular formula is C22H25NO6. The molecule has 7 nitrogen and oxygen atoms in total. The second-order valence-electron chi connectivity index (χ2n) is 6.96. The number of fused-ring (bicyclic) bond motifs is 1. The molecule has 0 radical (unpaired) electrons. The van der Waals surface area contributed by atoms with Gasteiger partial charge in [-0.2, -0.15) is 0 Å². The van der Waals surface area contributed by atoms with Gasteiger partial charge >= 0.3 is 0 Å². The summed E-state index contributed by atoms with van der Waals surface area (Å²) in [4.78, 5) is 13.0. The van der Waals surface area contributed by atoms with Crippen LogP contribution in [0.4, 0.5) is 5.69 Å². The van der Waals surface area contributed by atoms with Gasteiger partial charge in [-0.3, -0.25) is 4.79 Å². The molecule has 0 aromatic heterocycles. The highest BCUT2D eigenvalue weighted by molar-refractivity contribution is 6.08. The summed E-state index contributed by atoms with van der Waals surface area (Å²) in [6, 6.07) is 6.74. The number of hydrogen-bond donors (Lipinski definition) is 1. The summed E-state index contributed by atoms with van der Waals surface area (Å²) >= 11 is 0. The fraction of sp³-hybridized carbons (Fsp3) is 0.318. The summed E-state index contributed by atoms with van der Waals surface area (Å²) in [6.07, 6.45) is 3.84. The van der Waals surface area contributed by atoms with Gasteiger partial charge in [-0.15, -0.1) is 0 Å². The van der Waals surface area contributed by atoms with Crippen LogP contribution in [-0.2, 0) is 0 Å². The molecule has 1 aliphatic rings. The third-order valence-electron chi connectivity index (χ3n) is 4.58. The van der Waals surface area contributed by atoms with Crippen molar-refractivity contribution < 1.29 is 28.5 Å². The lowest BCUT2D eigenvalue weighted by molar-refractivity contribution is 0.102. The highest BCUT2D eigenvalue weighted by atomic mass is 16.5. The number of methoxy groups -OCH3 is 4. The quantitative estimate of drug-likeness (QED) is 0.786. The molecule has 1 heterocycles. The van der Waals surface area contributed by atoms with Crippen LogP contribution in [0, 0.1) is 0 Å². The molecule has 7 heteroatoms. The number of anilines is 1. The van der Waals surface area contributed by atoms with Crippen LogP contribution in [-0.4, -0.2) is 39.9 Å². The van der Waals surface area contributed by atoms with E-state index in [0.29, 0.717) is 40.0 Å². The molecule has 0 bridgehead atoms. The maximum Gasteiger partial charge on any atom is 0.259 e. The third-order valence-corrected chi connectivity index (χ3v) is 4.58. The van der Waals surface area contributed by atoms with Gasteiger partial charge in [0.05, 0.1) is 45.3 Å². The van der Waals surface area contributed by atoms with Gasteiger partial charge in [0, 0.05) is 12.1 Å². The smallest absolute Gasteiger partial charge is 0.259 e. The van der Waals surface area contributed by atoms with E-state index in [1.807, 2.05) is 26.0 Å². The molecule has 1 aliphatic heterocycles. The number of rotatable bonds is 6. The van der Waals surface area contributed by atoms with E-state index in [2.05, 4.69) is 5.32 Å². The molecule has 0 atom stereocenters. The first kappa shape index (κ1) is 20.4. The van der Waals surface area contributed by atoms with Crippen molar-refractivity contribution in [3.63, 3.8) is 0 Å². The number of nitrogens with one attached hydrogen (secondary N) is 1. The van der Waals surface area contributed by atoms with Gasteiger partial charge < -0.3 is 29.0 Å². The first-order valence-electron chi connectivity index (χ1n) is 9.04. The molecule has 1 N–H and O–H groups in total. The van der Waals surface area contributed by atoms with E-state index in [4.69, 9.17) is 23.7 Å². The molecule has 1 amide bonds. The predicted molar refractivity (Wildman–Crippen MR) is 111 cm³/mol. The lowest BCUT2D eigenvalue weighted by atomic mass is 9.99. The third kappa shape index (κ3) is 3.94. The van der Waals surface area contributed by atoms with Crippen molar-refractivity contribution in [2.24, 2.45) is 0 Å². The lowest BCUT2D eigenvalue weighted by Gasteiger charge is -2.29. The second-order valence-corrected chi connectivity index (χ2v) is 6.96. The summed E-state index contributed by atoms with van der Waals surface area (Å²) in [7, 11) is 6.10. The number of ether oxygens (including phenoxy) is 5. The summed E-state index contributed by atoms with van der Waals surface area (Å²) in [6.45, 7) is 3.92. The zero-order valence-corrected chi connectivity index (χ0v) is 17.4. The van der Waals surface area contributed by atoms with Crippen molar-refractivity contribution in [1.82, 2.24) is 0 Å². The van der Waals surface area contributed by atoms with Crippen LogP contribution in [0.5, 0.6) is 28.7 Å². The Morgan fingerprint density at radius 3 is 2.21 bits per heavy atom. The molecule has 0 aliphatic carbocycles. The van der Waals surface area contributed by atoms with Gasteiger partial charge in [0.15, 0.2) is 11.5 Å². The van der Waals surface area contributed by atoms with Crippen LogP contribution in [0.1, 0.15) is 29.8 Å². The monoisotopic (exact) mass is 399 g/mol. The maximum atomic E-state index is 13.0. The van der Waals surface area contributed by atoms with Crippen LogP contribution in [0.2, 0.25) is 0 Å². The average Bonchev–Trinajstić information content (AvgIpc) is 2.71. The molecule has 0 fully saturated rings. The fourth-order valence-electron chi connectivity index (χ4n) is 3.14. The summed E-state index contributed by atoms with van der Waals surface area (Å²) in [5.74, 6) is 2.16. The van der Waals surface area contributed by atoms with E-state index in [1.165, 1.54) is 28.4 Å². The van der Waals surface area contributed by atoms with Gasteiger partial charge in [-0.1, -0.05) is 0 Å². The first-order chi connectivity index (χ1) is 13.8. The highest BCUT2D eigenvalue weighted by Crippen LogP contribution is 2.41. The molecule has 0 spiro atoms. The molecule has 154 valence electrons. The molecule has 0 unspecified atom stereocenters. The van der Waals surface area contributed by atoms with Crippen molar-refractivity contribution in [2.75, 3.05) is 33.8 Å². The zero-order valence-electron chi connectivity index (χ0n) is 17.4. The Bertz CT molecular complexity index is 964. The van der Waals surface area contributed by atoms with Crippen LogP contribution in [0.15, 0.2) is 30.3 Å². The molecule has 0 saturated heterocycles. The summed E-state index contributed by atoms with van der Waals surface area (Å²) in [5.41, 5.74) is 1.12. The first-order valence-corrected chi connectivity index (χ1v) is 9.04. The summed E-state index contributed by atoms with van der Waals surface area (Å²) < 4.78 is 27.5. The van der Waals surface area contributed by atoms with E-state index in [9.17, 15) is 4.79 Å². The lowest BCUT2D eigenvalue weighted by Crippen LogP contribution is -2.28. The number of hydrogen-bond acceptors (Lipinski definition) is 6. The minimum Gasteiger partial charge on any atom is -0.495 e. The van der Waals surface area contributed by atoms with Gasteiger partial charge in [0.25, 0.3) is 5.91 Å². The standard InChI is InChI=1S/C22H25NO6/c1-22(2)10-9-13-16(29-22)8-7-14(20(13)28-6)21(24)23-15-11-18(26-4)19(27-5)12-17(15)25-3/h7-12H,1-6H3,(H,23,24). The van der Waals surface area contributed by atoms with Gasteiger partial charge in [-0.25, -0.2) is 0 Å². The SMILES string of the molecule is COc1cc(OC)c(OC)cc1NC(=O)c1ccc2c(c1OC)C=CC(C)(C)O2. The van der Waals surface area contributed by atoms with Crippen molar-refractivity contribution in [3.05, 3.63) is 41.5 Å². The minimum absolute atomic E-state index is 0.353. The van der Waals surface area contributed by atoms with Crippen LogP contribution >= 0.6 is 0 Å². The Morgan fingerprint density at radius 1 is 0.931 bits per heavy atom. The average molecular weight is 399 g/mol. The Morgan fingerprint density at radius 2 is 1.59 bits per heavy atom. The Balaban J connectivity index is 1.98. The molecule has 2 aromatic rings. The molecule has 2 aromatic carbocycles. The van der Waals surface area contributed by atoms with Gasteiger partial charge in [0.1, 0.15) is 22.8 Å². The van der Waals surface area contributed by atoms with E-state index < -0.39 is 5.60 Å². The number of carbonyl (C=O) groups excluding carboxylic acids is 1. The molecule has 3 rings (SSSR count). The molecule has 0 saturated carbocycles. The van der Waals surface area contributed by atoms with E-state index >= 15 is 0 Å². The van der Waals surface area contributed by atoms with E-state index in [-0.39, 0.29) is 5.91 Å². The van der Waals surface area contributed by atoms with Crippen molar-refractivity contribution in [3.8, 4) is 28.7 Å². The zero-order chi connectivity index (χ0) is 21.2. The maximum absolute atomic E-state index is 13.0. The normalized spacial score (nSPS) is 13.7. The largest absolute Gasteiger partial charge is 0.495 e. The fourth-order valence-corrected chi connectivity index (χ4v) is 3.14. The van der Waals surface area contributed by atoms with Crippen LogP contribution in [0.25, 0.3) is 6.08 Å². The van der Waals surface area contributed by atoms with Crippen LogP contribution in [0.3, 0.4) is 0 Å². The van der Waals surface area contributed by atoms with Crippen LogP contribution < -0.4 is 29.0 Å². The van der Waals surface area contributed by atoms with E-state index in [0.717, 1.165) is 5.56 Å². The molecular weight excluding hydrogens is 374 g/mol. The van der Waals surface area contributed by atoms with Crippen molar-refractivity contribution >= 4 is 17.7 Å². The Hall–Kier alpha value is -3.35. The topological polar surface area (TPSA) is 75.2 Å². The molecule has 29 heavy (non-hydrogen) atoms. The Kier molecular flexibility index (Phi) is 5.59. The predicted octanol–water partition coefficient (Wildman–Crippen LogP) is 4.16. The summed E-state index contributed by atoms with van der Waals surface area (Å²) in [5, 5.41) is 2.86. The second kappa shape index (κ2) is 7.95. The van der Waals surface area contributed by atoms with Crippen molar-refractivity contribution in [1.29, 1.82) is 0 Å². The number of benzene rings is 2.